The highest BCUT2D eigenvalue weighted by Gasteiger charge is 2.52. The second-order valence-electron chi connectivity index (χ2n) is 5.97. The molecule has 6 nitrogen and oxygen atoms in total. The van der Waals surface area contributed by atoms with Crippen molar-refractivity contribution >= 4 is 10.3 Å². The van der Waals surface area contributed by atoms with E-state index in [0.717, 1.165) is 35.6 Å². The van der Waals surface area contributed by atoms with Crippen molar-refractivity contribution < 1.29 is 22.4 Å². The molecule has 1 aliphatic carbocycles. The number of hydrogen-bond acceptors (Lipinski definition) is 4. The van der Waals surface area contributed by atoms with Gasteiger partial charge in [0.05, 0.1) is 0 Å². The van der Waals surface area contributed by atoms with Crippen LogP contribution in [-0.4, -0.2) is 42.4 Å². The minimum atomic E-state index is -4.33. The van der Waals surface area contributed by atoms with Gasteiger partial charge in [0, 0.05) is 26.3 Å². The molecule has 0 aromatic heterocycles. The lowest BCUT2D eigenvalue weighted by Crippen LogP contribution is -2.43. The van der Waals surface area contributed by atoms with E-state index in [1.807, 2.05) is 30.3 Å². The molecule has 2 fully saturated rings. The van der Waals surface area contributed by atoms with Crippen molar-refractivity contribution in [3.8, 4) is 0 Å². The molecule has 3 rings (SSSR count). The Bertz CT molecular complexity index is 612. The predicted octanol–water partition coefficient (Wildman–Crippen LogP) is 1.98. The fourth-order valence-corrected chi connectivity index (χ4v) is 3.68. The summed E-state index contributed by atoms with van der Waals surface area (Å²) in [6.07, 6.45) is 2.80. The molecule has 1 N–H and O–H groups in total. The first-order valence-electron chi connectivity index (χ1n) is 7.50. The van der Waals surface area contributed by atoms with Crippen molar-refractivity contribution in [3.63, 3.8) is 0 Å². The molecule has 22 heavy (non-hydrogen) atoms. The zero-order valence-corrected chi connectivity index (χ0v) is 13.3. The highest BCUT2D eigenvalue weighted by Crippen LogP contribution is 2.43. The quantitative estimate of drug-likeness (QED) is 0.856. The van der Waals surface area contributed by atoms with Gasteiger partial charge >= 0.3 is 10.3 Å². The lowest BCUT2D eigenvalue weighted by atomic mass is 10.1. The largest absolute Gasteiger partial charge is 0.342 e. The van der Waals surface area contributed by atoms with Gasteiger partial charge in [-0.15, -0.1) is 0 Å². The van der Waals surface area contributed by atoms with Crippen LogP contribution in [0.5, 0.6) is 0 Å². The maximum atomic E-state index is 11.5. The van der Waals surface area contributed by atoms with Crippen LogP contribution < -0.4 is 0 Å². The number of nitrogens with zero attached hydrogens (tertiary/aromatic N) is 1. The zero-order valence-electron chi connectivity index (χ0n) is 12.5. The number of likely N-dealkylation sites (N-methyl/N-ethyl adjacent to an activating group) is 1. The third-order valence-electron chi connectivity index (χ3n) is 4.39. The van der Waals surface area contributed by atoms with E-state index in [1.165, 1.54) is 7.05 Å². The summed E-state index contributed by atoms with van der Waals surface area (Å²) in [5.74, 6) is -0.705. The molecule has 0 amide bonds. The number of ether oxygens (including phenoxy) is 2. The molecule has 2 unspecified atom stereocenters. The molecule has 1 saturated heterocycles. The average Bonchev–Trinajstić information content (AvgIpc) is 3.06. The Morgan fingerprint density at radius 3 is 2.45 bits per heavy atom. The SMILES string of the molecule is CN(C1OC2(CCCC2)OC1Cc1ccccc1)S(=O)(=O)O. The predicted molar refractivity (Wildman–Crippen MR) is 80.4 cm³/mol. The van der Waals surface area contributed by atoms with Gasteiger partial charge in [0.1, 0.15) is 6.10 Å². The summed E-state index contributed by atoms with van der Waals surface area (Å²) in [6.45, 7) is 0. The van der Waals surface area contributed by atoms with Crippen LogP contribution in [0.1, 0.15) is 31.2 Å². The van der Waals surface area contributed by atoms with E-state index in [-0.39, 0.29) is 0 Å². The van der Waals surface area contributed by atoms with Gasteiger partial charge in [-0.3, -0.25) is 4.55 Å². The summed E-state index contributed by atoms with van der Waals surface area (Å²) < 4.78 is 45.2. The third-order valence-corrected chi connectivity index (χ3v) is 5.32. The molecule has 122 valence electrons. The normalized spacial score (nSPS) is 27.8. The monoisotopic (exact) mass is 327 g/mol. The molecule has 1 aromatic carbocycles. The van der Waals surface area contributed by atoms with E-state index in [0.29, 0.717) is 6.42 Å². The van der Waals surface area contributed by atoms with Crippen LogP contribution in [0.2, 0.25) is 0 Å². The van der Waals surface area contributed by atoms with E-state index >= 15 is 0 Å². The van der Waals surface area contributed by atoms with E-state index in [4.69, 9.17) is 9.47 Å². The first-order chi connectivity index (χ1) is 10.4. The molecule has 1 aromatic rings. The van der Waals surface area contributed by atoms with E-state index < -0.39 is 28.4 Å². The Hall–Kier alpha value is -0.990. The Morgan fingerprint density at radius 1 is 1.23 bits per heavy atom. The van der Waals surface area contributed by atoms with Crippen molar-refractivity contribution in [2.45, 2.75) is 50.2 Å². The highest BCUT2D eigenvalue weighted by atomic mass is 32.2. The van der Waals surface area contributed by atoms with Crippen LogP contribution in [0.3, 0.4) is 0 Å². The first kappa shape index (κ1) is 15.9. The highest BCUT2D eigenvalue weighted by molar-refractivity contribution is 7.83. The van der Waals surface area contributed by atoms with Gasteiger partial charge in [0.25, 0.3) is 0 Å². The van der Waals surface area contributed by atoms with Crippen molar-refractivity contribution in [3.05, 3.63) is 35.9 Å². The van der Waals surface area contributed by atoms with Crippen molar-refractivity contribution in [2.24, 2.45) is 0 Å². The third kappa shape index (κ3) is 3.18. The fraction of sp³-hybridized carbons (Fsp3) is 0.600. The van der Waals surface area contributed by atoms with Gasteiger partial charge < -0.3 is 9.47 Å². The van der Waals surface area contributed by atoms with Gasteiger partial charge in [-0.05, 0) is 18.4 Å². The summed E-state index contributed by atoms with van der Waals surface area (Å²) in [5, 5.41) is 0. The van der Waals surface area contributed by atoms with Crippen molar-refractivity contribution in [1.82, 2.24) is 4.31 Å². The van der Waals surface area contributed by atoms with Gasteiger partial charge in [-0.2, -0.15) is 12.7 Å². The lowest BCUT2D eigenvalue weighted by Gasteiger charge is -2.24. The van der Waals surface area contributed by atoms with Crippen LogP contribution in [0.15, 0.2) is 30.3 Å². The fourth-order valence-electron chi connectivity index (χ4n) is 3.24. The van der Waals surface area contributed by atoms with E-state index in [9.17, 15) is 13.0 Å². The number of hydrogen-bond donors (Lipinski definition) is 1. The Morgan fingerprint density at radius 2 is 1.86 bits per heavy atom. The lowest BCUT2D eigenvalue weighted by molar-refractivity contribution is -0.176. The van der Waals surface area contributed by atoms with Crippen molar-refractivity contribution in [1.29, 1.82) is 0 Å². The molecule has 1 spiro atoms. The smallest absolute Gasteiger partial charge is 0.337 e. The van der Waals surface area contributed by atoms with E-state index in [2.05, 4.69) is 0 Å². The number of benzene rings is 1. The number of rotatable bonds is 4. The second kappa shape index (κ2) is 5.90. The molecule has 1 heterocycles. The molecule has 2 aliphatic rings. The van der Waals surface area contributed by atoms with Crippen LogP contribution in [-0.2, 0) is 26.2 Å². The maximum Gasteiger partial charge on any atom is 0.337 e. The first-order valence-corrected chi connectivity index (χ1v) is 8.89. The second-order valence-corrected chi connectivity index (χ2v) is 7.44. The maximum absolute atomic E-state index is 11.5. The standard InChI is InChI=1S/C15H21NO5S/c1-16(22(17,18)19)14-13(11-12-7-3-2-4-8-12)20-15(21-14)9-5-6-10-15/h2-4,7-8,13-14H,5-6,9-11H2,1H3,(H,17,18,19). The summed E-state index contributed by atoms with van der Waals surface area (Å²) in [4.78, 5) is 0. The zero-order chi connectivity index (χ0) is 15.8. The van der Waals surface area contributed by atoms with Gasteiger partial charge in [0.2, 0.25) is 0 Å². The molecular weight excluding hydrogens is 306 g/mol. The van der Waals surface area contributed by atoms with Crippen LogP contribution in [0.4, 0.5) is 0 Å². The molecule has 1 aliphatic heterocycles. The minimum absolute atomic E-state index is 0.438. The molecule has 0 bridgehead atoms. The molecule has 7 heteroatoms. The van der Waals surface area contributed by atoms with Gasteiger partial charge in [-0.25, -0.2) is 0 Å². The Balaban J connectivity index is 1.83. The molecular formula is C15H21NO5S. The van der Waals surface area contributed by atoms with Gasteiger partial charge in [0.15, 0.2) is 12.0 Å². The van der Waals surface area contributed by atoms with Gasteiger partial charge in [-0.1, -0.05) is 30.3 Å². The summed E-state index contributed by atoms with van der Waals surface area (Å²) in [5.41, 5.74) is 1.04. The van der Waals surface area contributed by atoms with Crippen LogP contribution >= 0.6 is 0 Å². The van der Waals surface area contributed by atoms with E-state index in [1.54, 1.807) is 0 Å². The Labute approximate surface area is 130 Å². The molecule has 1 saturated carbocycles. The summed E-state index contributed by atoms with van der Waals surface area (Å²) >= 11 is 0. The summed E-state index contributed by atoms with van der Waals surface area (Å²) in [6, 6.07) is 9.72. The summed E-state index contributed by atoms with van der Waals surface area (Å²) in [7, 11) is -3.01. The minimum Gasteiger partial charge on any atom is -0.342 e. The molecule has 2 atom stereocenters. The van der Waals surface area contributed by atoms with Crippen LogP contribution in [0, 0.1) is 0 Å². The topological polar surface area (TPSA) is 76.1 Å². The average molecular weight is 327 g/mol. The Kier molecular flexibility index (Phi) is 4.26. The van der Waals surface area contributed by atoms with Crippen molar-refractivity contribution in [2.75, 3.05) is 7.05 Å². The van der Waals surface area contributed by atoms with Crippen LogP contribution in [0.25, 0.3) is 0 Å². The molecule has 0 radical (unpaired) electrons.